The van der Waals surface area contributed by atoms with Gasteiger partial charge in [-0.3, -0.25) is 4.79 Å². The average Bonchev–Trinajstić information content (AvgIpc) is 2.61. The molecule has 0 unspecified atom stereocenters. The molecule has 0 aliphatic rings. The minimum absolute atomic E-state index is 0.0884. The number of hydrogen-bond acceptors (Lipinski definition) is 4. The Labute approximate surface area is 150 Å². The molecular formula is C19H19ClN2O3. The van der Waals surface area contributed by atoms with Crippen LogP contribution in [0.1, 0.15) is 11.3 Å². The van der Waals surface area contributed by atoms with Gasteiger partial charge in [-0.05, 0) is 30.7 Å². The molecule has 1 atom stereocenters. The molecule has 3 rings (SSSR count). The third kappa shape index (κ3) is 4.25. The molecular weight excluding hydrogens is 340 g/mol. The summed E-state index contributed by atoms with van der Waals surface area (Å²) in [5.74, 6) is 0. The number of aromatic nitrogens is 2. The van der Waals surface area contributed by atoms with E-state index in [-0.39, 0.29) is 18.7 Å². The van der Waals surface area contributed by atoms with E-state index < -0.39 is 6.10 Å². The lowest BCUT2D eigenvalue weighted by Gasteiger charge is -2.14. The van der Waals surface area contributed by atoms with Crippen LogP contribution in [-0.4, -0.2) is 27.6 Å². The summed E-state index contributed by atoms with van der Waals surface area (Å²) in [5.41, 5.74) is 1.51. The Balaban J connectivity index is 1.64. The first-order chi connectivity index (χ1) is 12.0. The molecule has 0 saturated carbocycles. The molecule has 0 aliphatic carbocycles. The van der Waals surface area contributed by atoms with E-state index in [2.05, 4.69) is 5.10 Å². The van der Waals surface area contributed by atoms with Crippen LogP contribution in [-0.2, 0) is 17.9 Å². The van der Waals surface area contributed by atoms with Crippen molar-refractivity contribution in [1.29, 1.82) is 0 Å². The SMILES string of the molecule is Cc1nn(C[C@H](O)COCc2ccc(Cl)cc2)c(=O)c2ccccc12. The molecule has 5 nitrogen and oxygen atoms in total. The Hall–Kier alpha value is -2.21. The van der Waals surface area contributed by atoms with Crippen LogP contribution >= 0.6 is 11.6 Å². The molecule has 0 aliphatic heterocycles. The number of rotatable bonds is 6. The summed E-state index contributed by atoms with van der Waals surface area (Å²) >= 11 is 5.84. The zero-order valence-corrected chi connectivity index (χ0v) is 14.6. The van der Waals surface area contributed by atoms with Crippen molar-refractivity contribution in [3.63, 3.8) is 0 Å². The number of nitrogens with zero attached hydrogens (tertiary/aromatic N) is 2. The van der Waals surface area contributed by atoms with Crippen molar-refractivity contribution >= 4 is 22.4 Å². The lowest BCUT2D eigenvalue weighted by atomic mass is 10.1. The summed E-state index contributed by atoms with van der Waals surface area (Å²) in [6.07, 6.45) is -0.821. The number of fused-ring (bicyclic) bond motifs is 1. The molecule has 1 heterocycles. The van der Waals surface area contributed by atoms with E-state index in [4.69, 9.17) is 16.3 Å². The van der Waals surface area contributed by atoms with Crippen molar-refractivity contribution in [2.24, 2.45) is 0 Å². The summed E-state index contributed by atoms with van der Waals surface area (Å²) in [6, 6.07) is 14.7. The second-order valence-corrected chi connectivity index (χ2v) is 6.35. The average molecular weight is 359 g/mol. The van der Waals surface area contributed by atoms with Crippen LogP contribution < -0.4 is 5.56 Å². The standard InChI is InChI=1S/C19H19ClN2O3/c1-13-17-4-2-3-5-18(17)19(24)22(21-13)10-16(23)12-25-11-14-6-8-15(20)9-7-14/h2-9,16,23H,10-12H2,1H3/t16-/m0/s1. The lowest BCUT2D eigenvalue weighted by molar-refractivity contribution is 0.0180. The van der Waals surface area contributed by atoms with Crippen LogP contribution in [0.3, 0.4) is 0 Å². The molecule has 0 saturated heterocycles. The minimum atomic E-state index is -0.821. The summed E-state index contributed by atoms with van der Waals surface area (Å²) in [5, 5.41) is 16.6. The zero-order valence-electron chi connectivity index (χ0n) is 13.9. The molecule has 0 fully saturated rings. The van der Waals surface area contributed by atoms with Crippen LogP contribution in [0.15, 0.2) is 53.3 Å². The molecule has 1 aromatic heterocycles. The molecule has 0 amide bonds. The predicted octanol–water partition coefficient (Wildman–Crippen LogP) is 2.94. The molecule has 130 valence electrons. The fraction of sp³-hybridized carbons (Fsp3) is 0.263. The first-order valence-electron chi connectivity index (χ1n) is 8.01. The Kier molecular flexibility index (Phi) is 5.48. The van der Waals surface area contributed by atoms with E-state index >= 15 is 0 Å². The normalized spacial score (nSPS) is 12.4. The van der Waals surface area contributed by atoms with Gasteiger partial charge in [-0.2, -0.15) is 5.10 Å². The van der Waals surface area contributed by atoms with Gasteiger partial charge in [-0.25, -0.2) is 4.68 Å². The highest BCUT2D eigenvalue weighted by Gasteiger charge is 2.12. The number of aliphatic hydroxyl groups excluding tert-OH is 1. The summed E-state index contributed by atoms with van der Waals surface area (Å²) in [4.78, 5) is 12.5. The van der Waals surface area contributed by atoms with Crippen LogP contribution in [0, 0.1) is 6.92 Å². The smallest absolute Gasteiger partial charge is 0.274 e. The Morgan fingerprint density at radius 2 is 1.84 bits per heavy atom. The maximum atomic E-state index is 12.5. The zero-order chi connectivity index (χ0) is 17.8. The minimum Gasteiger partial charge on any atom is -0.389 e. The van der Waals surface area contributed by atoms with Gasteiger partial charge in [0.2, 0.25) is 0 Å². The van der Waals surface area contributed by atoms with Crippen molar-refractivity contribution in [1.82, 2.24) is 9.78 Å². The van der Waals surface area contributed by atoms with E-state index in [0.717, 1.165) is 16.6 Å². The van der Waals surface area contributed by atoms with Gasteiger partial charge in [0.05, 0.1) is 36.9 Å². The molecule has 0 bridgehead atoms. The highest BCUT2D eigenvalue weighted by atomic mass is 35.5. The number of aliphatic hydroxyl groups is 1. The molecule has 3 aromatic rings. The number of benzene rings is 2. The van der Waals surface area contributed by atoms with E-state index in [0.29, 0.717) is 17.0 Å². The third-order valence-electron chi connectivity index (χ3n) is 3.93. The molecule has 0 radical (unpaired) electrons. The van der Waals surface area contributed by atoms with E-state index in [1.807, 2.05) is 37.3 Å². The lowest BCUT2D eigenvalue weighted by Crippen LogP contribution is -2.31. The number of ether oxygens (including phenoxy) is 1. The summed E-state index contributed by atoms with van der Waals surface area (Å²) in [7, 11) is 0. The van der Waals surface area contributed by atoms with Gasteiger partial charge >= 0.3 is 0 Å². The quantitative estimate of drug-likeness (QED) is 0.735. The second-order valence-electron chi connectivity index (χ2n) is 5.91. The van der Waals surface area contributed by atoms with Gasteiger partial charge in [-0.1, -0.05) is 41.9 Å². The van der Waals surface area contributed by atoms with Crippen molar-refractivity contribution < 1.29 is 9.84 Å². The van der Waals surface area contributed by atoms with Crippen molar-refractivity contribution in [2.45, 2.75) is 26.2 Å². The number of halogens is 1. The van der Waals surface area contributed by atoms with Crippen LogP contribution in [0.2, 0.25) is 5.02 Å². The van der Waals surface area contributed by atoms with Gasteiger partial charge in [0.25, 0.3) is 5.56 Å². The molecule has 0 spiro atoms. The van der Waals surface area contributed by atoms with E-state index in [9.17, 15) is 9.90 Å². The largest absolute Gasteiger partial charge is 0.389 e. The number of hydrogen-bond donors (Lipinski definition) is 1. The van der Waals surface area contributed by atoms with Gasteiger partial charge in [-0.15, -0.1) is 0 Å². The third-order valence-corrected chi connectivity index (χ3v) is 4.18. The molecule has 6 heteroatoms. The molecule has 25 heavy (non-hydrogen) atoms. The first-order valence-corrected chi connectivity index (χ1v) is 8.39. The fourth-order valence-corrected chi connectivity index (χ4v) is 2.80. The van der Waals surface area contributed by atoms with E-state index in [1.54, 1.807) is 18.2 Å². The Bertz CT molecular complexity index is 922. The Morgan fingerprint density at radius 1 is 1.16 bits per heavy atom. The highest BCUT2D eigenvalue weighted by molar-refractivity contribution is 6.30. The topological polar surface area (TPSA) is 64.3 Å². The van der Waals surface area contributed by atoms with Crippen LogP contribution in [0.4, 0.5) is 0 Å². The molecule has 2 aromatic carbocycles. The summed E-state index contributed by atoms with van der Waals surface area (Å²) < 4.78 is 6.81. The van der Waals surface area contributed by atoms with Gasteiger partial charge < -0.3 is 9.84 Å². The molecule has 1 N–H and O–H groups in total. The summed E-state index contributed by atoms with van der Waals surface area (Å²) in [6.45, 7) is 2.42. The first kappa shape index (κ1) is 17.6. The van der Waals surface area contributed by atoms with Crippen molar-refractivity contribution in [3.05, 3.63) is 75.2 Å². The van der Waals surface area contributed by atoms with Crippen molar-refractivity contribution in [2.75, 3.05) is 6.61 Å². The van der Waals surface area contributed by atoms with Crippen LogP contribution in [0.25, 0.3) is 10.8 Å². The number of aryl methyl sites for hydroxylation is 1. The van der Waals surface area contributed by atoms with Gasteiger partial charge in [0, 0.05) is 10.4 Å². The fourth-order valence-electron chi connectivity index (χ4n) is 2.67. The van der Waals surface area contributed by atoms with Crippen LogP contribution in [0.5, 0.6) is 0 Å². The van der Waals surface area contributed by atoms with Gasteiger partial charge in [0.1, 0.15) is 0 Å². The maximum Gasteiger partial charge on any atom is 0.274 e. The van der Waals surface area contributed by atoms with E-state index in [1.165, 1.54) is 4.68 Å². The highest BCUT2D eigenvalue weighted by Crippen LogP contribution is 2.12. The predicted molar refractivity (Wildman–Crippen MR) is 97.9 cm³/mol. The van der Waals surface area contributed by atoms with Gasteiger partial charge in [0.15, 0.2) is 0 Å². The Morgan fingerprint density at radius 3 is 2.56 bits per heavy atom. The maximum absolute atomic E-state index is 12.5. The second kappa shape index (κ2) is 7.78. The monoisotopic (exact) mass is 358 g/mol. The van der Waals surface area contributed by atoms with Crippen molar-refractivity contribution in [3.8, 4) is 0 Å².